The summed E-state index contributed by atoms with van der Waals surface area (Å²) < 4.78 is 3.33. The SMILES string of the molecule is Cn1ncc2c(=O)n(C3CCNC3)cnc21. The van der Waals surface area contributed by atoms with Gasteiger partial charge >= 0.3 is 0 Å². The highest BCUT2D eigenvalue weighted by Gasteiger charge is 2.19. The molecule has 1 fully saturated rings. The molecule has 1 N–H and O–H groups in total. The van der Waals surface area contributed by atoms with E-state index in [2.05, 4.69) is 15.4 Å². The van der Waals surface area contributed by atoms with Gasteiger partial charge in [0.15, 0.2) is 5.65 Å². The van der Waals surface area contributed by atoms with E-state index in [1.165, 1.54) is 0 Å². The molecule has 1 aliphatic heterocycles. The van der Waals surface area contributed by atoms with E-state index in [0.717, 1.165) is 19.5 Å². The summed E-state index contributed by atoms with van der Waals surface area (Å²) >= 11 is 0. The lowest BCUT2D eigenvalue weighted by Crippen LogP contribution is -2.26. The van der Waals surface area contributed by atoms with Crippen LogP contribution in [0.1, 0.15) is 12.5 Å². The van der Waals surface area contributed by atoms with Crippen LogP contribution in [0, 0.1) is 0 Å². The van der Waals surface area contributed by atoms with Crippen LogP contribution in [-0.2, 0) is 7.05 Å². The van der Waals surface area contributed by atoms with Gasteiger partial charge in [-0.3, -0.25) is 14.0 Å². The van der Waals surface area contributed by atoms with E-state index in [4.69, 9.17) is 0 Å². The highest BCUT2D eigenvalue weighted by Crippen LogP contribution is 2.13. The number of nitrogens with zero attached hydrogens (tertiary/aromatic N) is 4. The summed E-state index contributed by atoms with van der Waals surface area (Å²) in [6, 6.07) is 0.226. The molecule has 1 saturated heterocycles. The van der Waals surface area contributed by atoms with Crippen molar-refractivity contribution in [1.82, 2.24) is 24.6 Å². The van der Waals surface area contributed by atoms with Crippen LogP contribution in [0.4, 0.5) is 0 Å². The largest absolute Gasteiger partial charge is 0.315 e. The summed E-state index contributed by atoms with van der Waals surface area (Å²) in [5.74, 6) is 0. The molecule has 0 spiro atoms. The van der Waals surface area contributed by atoms with Gasteiger partial charge in [0.25, 0.3) is 5.56 Å². The summed E-state index contributed by atoms with van der Waals surface area (Å²) in [6.45, 7) is 1.80. The highest BCUT2D eigenvalue weighted by molar-refractivity contribution is 5.72. The van der Waals surface area contributed by atoms with Crippen molar-refractivity contribution >= 4 is 11.0 Å². The highest BCUT2D eigenvalue weighted by atomic mass is 16.1. The first kappa shape index (κ1) is 9.53. The molecule has 0 bridgehead atoms. The third-order valence-electron chi connectivity index (χ3n) is 3.10. The molecule has 2 aromatic heterocycles. The molecule has 0 radical (unpaired) electrons. The third-order valence-corrected chi connectivity index (χ3v) is 3.10. The lowest BCUT2D eigenvalue weighted by molar-refractivity contribution is 0.525. The van der Waals surface area contributed by atoms with Crippen LogP contribution in [0.3, 0.4) is 0 Å². The van der Waals surface area contributed by atoms with Gasteiger partial charge in [-0.2, -0.15) is 5.10 Å². The van der Waals surface area contributed by atoms with E-state index in [9.17, 15) is 4.79 Å². The zero-order valence-corrected chi connectivity index (χ0v) is 9.05. The standard InChI is InChI=1S/C10H13N5O/c1-14-9-8(5-13-14)10(16)15(6-12-9)7-2-3-11-4-7/h5-7,11H,2-4H2,1H3. The number of aromatic nitrogens is 4. The fourth-order valence-corrected chi connectivity index (χ4v) is 2.18. The molecule has 0 amide bonds. The van der Waals surface area contributed by atoms with Crippen LogP contribution in [-0.4, -0.2) is 32.4 Å². The molecular formula is C10H13N5O. The van der Waals surface area contributed by atoms with Crippen molar-refractivity contribution in [2.24, 2.45) is 7.05 Å². The van der Waals surface area contributed by atoms with Crippen molar-refractivity contribution in [2.45, 2.75) is 12.5 Å². The molecule has 3 rings (SSSR count). The lowest BCUT2D eigenvalue weighted by Gasteiger charge is -2.11. The second-order valence-corrected chi connectivity index (χ2v) is 4.11. The first-order valence-corrected chi connectivity index (χ1v) is 5.37. The zero-order chi connectivity index (χ0) is 11.1. The van der Waals surface area contributed by atoms with Crippen molar-refractivity contribution in [3.05, 3.63) is 22.9 Å². The molecule has 1 atom stereocenters. The van der Waals surface area contributed by atoms with E-state index in [1.807, 2.05) is 0 Å². The zero-order valence-electron chi connectivity index (χ0n) is 9.05. The number of hydrogen-bond donors (Lipinski definition) is 1. The molecule has 2 aromatic rings. The summed E-state index contributed by atoms with van der Waals surface area (Å²) in [6.07, 6.45) is 4.20. The van der Waals surface area contributed by atoms with Gasteiger partial charge in [0.05, 0.1) is 12.2 Å². The van der Waals surface area contributed by atoms with Crippen LogP contribution in [0.15, 0.2) is 17.3 Å². The normalized spacial score (nSPS) is 20.7. The molecule has 0 aromatic carbocycles. The van der Waals surface area contributed by atoms with E-state index in [1.54, 1.807) is 28.8 Å². The second kappa shape index (κ2) is 3.41. The predicted octanol–water partition coefficient (Wildman–Crippen LogP) is -0.336. The Bertz CT molecular complexity index is 578. The van der Waals surface area contributed by atoms with Crippen LogP contribution in [0.5, 0.6) is 0 Å². The summed E-state index contributed by atoms with van der Waals surface area (Å²) in [7, 11) is 1.79. The van der Waals surface area contributed by atoms with Gasteiger partial charge in [-0.25, -0.2) is 4.98 Å². The minimum Gasteiger partial charge on any atom is -0.315 e. The number of nitrogens with one attached hydrogen (secondary N) is 1. The maximum Gasteiger partial charge on any atom is 0.264 e. The third kappa shape index (κ3) is 1.26. The van der Waals surface area contributed by atoms with Gasteiger partial charge in [-0.15, -0.1) is 0 Å². The maximum atomic E-state index is 12.2. The molecule has 0 aliphatic carbocycles. The minimum absolute atomic E-state index is 0.00630. The topological polar surface area (TPSA) is 64.7 Å². The average Bonchev–Trinajstić information content (AvgIpc) is 2.90. The molecule has 1 unspecified atom stereocenters. The molecule has 0 saturated carbocycles. The molecule has 6 heteroatoms. The Labute approximate surface area is 91.9 Å². The van der Waals surface area contributed by atoms with Gasteiger partial charge in [-0.05, 0) is 13.0 Å². The second-order valence-electron chi connectivity index (χ2n) is 4.11. The van der Waals surface area contributed by atoms with E-state index < -0.39 is 0 Å². The molecule has 1 aliphatic rings. The summed E-state index contributed by atoms with van der Waals surface area (Å²) in [4.78, 5) is 16.5. The van der Waals surface area contributed by atoms with E-state index >= 15 is 0 Å². The maximum absolute atomic E-state index is 12.2. The summed E-state index contributed by atoms with van der Waals surface area (Å²) in [5, 5.41) is 7.89. The van der Waals surface area contributed by atoms with Crippen molar-refractivity contribution in [3.8, 4) is 0 Å². The Morgan fingerprint density at radius 3 is 3.19 bits per heavy atom. The Kier molecular flexibility index (Phi) is 2.03. The van der Waals surface area contributed by atoms with Gasteiger partial charge in [0.2, 0.25) is 0 Å². The summed E-state index contributed by atoms with van der Waals surface area (Å²) in [5.41, 5.74) is 0.652. The number of fused-ring (bicyclic) bond motifs is 1. The van der Waals surface area contributed by atoms with Crippen LogP contribution >= 0.6 is 0 Å². The quantitative estimate of drug-likeness (QED) is 0.713. The van der Waals surface area contributed by atoms with Gasteiger partial charge in [-0.1, -0.05) is 0 Å². The Morgan fingerprint density at radius 1 is 1.56 bits per heavy atom. The molecule has 6 nitrogen and oxygen atoms in total. The van der Waals surface area contributed by atoms with Crippen molar-refractivity contribution < 1.29 is 0 Å². The fourth-order valence-electron chi connectivity index (χ4n) is 2.18. The van der Waals surface area contributed by atoms with Crippen LogP contribution < -0.4 is 10.9 Å². The Balaban J connectivity index is 2.19. The van der Waals surface area contributed by atoms with Gasteiger partial charge in [0, 0.05) is 13.6 Å². The van der Waals surface area contributed by atoms with Gasteiger partial charge < -0.3 is 5.32 Å². The Morgan fingerprint density at radius 2 is 2.44 bits per heavy atom. The van der Waals surface area contributed by atoms with E-state index in [-0.39, 0.29) is 11.6 Å². The molecule has 84 valence electrons. The molecule has 3 heterocycles. The predicted molar refractivity (Wildman–Crippen MR) is 59.3 cm³/mol. The van der Waals surface area contributed by atoms with Crippen molar-refractivity contribution in [1.29, 1.82) is 0 Å². The van der Waals surface area contributed by atoms with Crippen LogP contribution in [0.25, 0.3) is 11.0 Å². The van der Waals surface area contributed by atoms with Gasteiger partial charge in [0.1, 0.15) is 11.7 Å². The molecular weight excluding hydrogens is 206 g/mol. The number of rotatable bonds is 1. The van der Waals surface area contributed by atoms with E-state index in [0.29, 0.717) is 11.0 Å². The average molecular weight is 219 g/mol. The van der Waals surface area contributed by atoms with Crippen molar-refractivity contribution in [3.63, 3.8) is 0 Å². The van der Waals surface area contributed by atoms with Crippen molar-refractivity contribution in [2.75, 3.05) is 13.1 Å². The Hall–Kier alpha value is -1.69. The smallest absolute Gasteiger partial charge is 0.264 e. The monoisotopic (exact) mass is 219 g/mol. The fraction of sp³-hybridized carbons (Fsp3) is 0.500. The minimum atomic E-state index is 0.00630. The molecule has 16 heavy (non-hydrogen) atoms. The first-order chi connectivity index (χ1) is 7.77. The number of hydrogen-bond acceptors (Lipinski definition) is 4. The first-order valence-electron chi connectivity index (χ1n) is 5.37. The lowest BCUT2D eigenvalue weighted by atomic mass is 10.2. The van der Waals surface area contributed by atoms with Crippen LogP contribution in [0.2, 0.25) is 0 Å². The number of aryl methyl sites for hydroxylation is 1.